The van der Waals surface area contributed by atoms with Gasteiger partial charge >= 0.3 is 0 Å². The molecule has 15 heavy (non-hydrogen) atoms. The van der Waals surface area contributed by atoms with E-state index in [1.165, 1.54) is 6.42 Å². The van der Waals surface area contributed by atoms with Crippen LogP contribution in [0.5, 0.6) is 0 Å². The van der Waals surface area contributed by atoms with E-state index < -0.39 is 0 Å². The summed E-state index contributed by atoms with van der Waals surface area (Å²) in [6.45, 7) is 0.516. The molecule has 0 aliphatic heterocycles. The fourth-order valence-electron chi connectivity index (χ4n) is 2.44. The van der Waals surface area contributed by atoms with Gasteiger partial charge in [-0.25, -0.2) is 0 Å². The molecule has 1 saturated carbocycles. The van der Waals surface area contributed by atoms with E-state index in [4.69, 9.17) is 12.2 Å². The molecule has 0 saturated heterocycles. The van der Waals surface area contributed by atoms with Crippen LogP contribution in [0, 0.1) is 17.8 Å². The lowest BCUT2D eigenvalue weighted by atomic mass is 9.70. The lowest BCUT2D eigenvalue weighted by molar-refractivity contribution is -0.130. The summed E-state index contributed by atoms with van der Waals surface area (Å²) in [5.41, 5.74) is 5.58. The second-order valence-electron chi connectivity index (χ2n) is 4.53. The van der Waals surface area contributed by atoms with E-state index >= 15 is 0 Å². The van der Waals surface area contributed by atoms with Crippen LogP contribution in [0.15, 0.2) is 0 Å². The van der Waals surface area contributed by atoms with Crippen LogP contribution in [0.25, 0.3) is 0 Å². The van der Waals surface area contributed by atoms with Gasteiger partial charge in [-0.2, -0.15) is 0 Å². The molecular weight excluding hydrogens is 186 g/mol. The van der Waals surface area contributed by atoms with Gasteiger partial charge in [0.2, 0.25) is 0 Å². The molecule has 0 unspecified atom stereocenters. The maximum absolute atomic E-state index is 12.1. The molecular formula is C13H21NO. The quantitative estimate of drug-likeness (QED) is 0.555. The normalized spacial score (nSPS) is 19.5. The van der Waals surface area contributed by atoms with Crippen molar-refractivity contribution in [1.29, 1.82) is 0 Å². The molecule has 2 nitrogen and oxygen atoms in total. The summed E-state index contributed by atoms with van der Waals surface area (Å²) in [6.07, 6.45) is 12.8. The van der Waals surface area contributed by atoms with Gasteiger partial charge in [-0.15, -0.1) is 12.3 Å². The Balaban J connectivity index is 2.49. The predicted octanol–water partition coefficient (Wildman–Crippen LogP) is 2.27. The number of nitrogens with two attached hydrogens (primary N) is 1. The minimum absolute atomic E-state index is 0.202. The lowest BCUT2D eigenvalue weighted by Gasteiger charge is -2.34. The van der Waals surface area contributed by atoms with Crippen LogP contribution in [0.1, 0.15) is 51.4 Å². The fraction of sp³-hybridized carbons (Fsp3) is 0.769. The van der Waals surface area contributed by atoms with E-state index in [0.29, 0.717) is 25.2 Å². The van der Waals surface area contributed by atoms with Crippen molar-refractivity contribution in [2.75, 3.05) is 6.54 Å². The third-order valence-corrected chi connectivity index (χ3v) is 3.52. The molecule has 0 heterocycles. The summed E-state index contributed by atoms with van der Waals surface area (Å²) >= 11 is 0. The molecule has 0 atom stereocenters. The third-order valence-electron chi connectivity index (χ3n) is 3.52. The first kappa shape index (κ1) is 12.3. The molecule has 0 aromatic carbocycles. The standard InChI is InChI=1S/C13H21NO/c1-2-3-5-8-12(15)13(11-14)9-6-4-7-10-13/h1H,3-11,14H2. The van der Waals surface area contributed by atoms with Crippen molar-refractivity contribution in [3.8, 4) is 12.3 Å². The number of unbranched alkanes of at least 4 members (excludes halogenated alkanes) is 1. The Kier molecular flexibility index (Phi) is 4.84. The van der Waals surface area contributed by atoms with E-state index in [0.717, 1.165) is 32.1 Å². The average Bonchev–Trinajstić information content (AvgIpc) is 2.30. The number of carbonyl (C=O) groups excluding carboxylic acids is 1. The number of ketones is 1. The highest BCUT2D eigenvalue weighted by atomic mass is 16.1. The topological polar surface area (TPSA) is 43.1 Å². The Hall–Kier alpha value is -0.810. The fourth-order valence-corrected chi connectivity index (χ4v) is 2.44. The Morgan fingerprint density at radius 1 is 1.33 bits per heavy atom. The lowest BCUT2D eigenvalue weighted by Crippen LogP contribution is -2.40. The molecule has 0 amide bonds. The maximum atomic E-state index is 12.1. The van der Waals surface area contributed by atoms with Gasteiger partial charge in [0.1, 0.15) is 5.78 Å². The first-order chi connectivity index (χ1) is 7.25. The van der Waals surface area contributed by atoms with Crippen LogP contribution < -0.4 is 5.73 Å². The molecule has 0 aromatic heterocycles. The van der Waals surface area contributed by atoms with Crippen LogP contribution in [-0.4, -0.2) is 12.3 Å². The van der Waals surface area contributed by atoms with E-state index in [1.807, 2.05) is 0 Å². The van der Waals surface area contributed by atoms with Crippen LogP contribution in [0.4, 0.5) is 0 Å². The number of hydrogen-bond acceptors (Lipinski definition) is 2. The van der Waals surface area contributed by atoms with Crippen LogP contribution in [0.3, 0.4) is 0 Å². The molecule has 1 aliphatic carbocycles. The Morgan fingerprint density at radius 2 is 2.00 bits per heavy atom. The molecule has 1 fully saturated rings. The number of Topliss-reactive ketones (excluding diaryl/α,β-unsaturated/α-hetero) is 1. The van der Waals surface area contributed by atoms with Crippen molar-refractivity contribution in [2.45, 2.75) is 51.4 Å². The van der Waals surface area contributed by atoms with Crippen molar-refractivity contribution in [3.63, 3.8) is 0 Å². The number of hydrogen-bond donors (Lipinski definition) is 1. The monoisotopic (exact) mass is 207 g/mol. The minimum Gasteiger partial charge on any atom is -0.329 e. The first-order valence-electron chi connectivity index (χ1n) is 5.92. The van der Waals surface area contributed by atoms with Crippen molar-refractivity contribution in [3.05, 3.63) is 0 Å². The molecule has 1 aliphatic rings. The Morgan fingerprint density at radius 3 is 2.53 bits per heavy atom. The highest BCUT2D eigenvalue weighted by Crippen LogP contribution is 2.37. The molecule has 2 heteroatoms. The molecule has 0 bridgehead atoms. The van der Waals surface area contributed by atoms with Gasteiger partial charge in [0.15, 0.2) is 0 Å². The zero-order chi connectivity index (χ0) is 11.1. The molecule has 1 rings (SSSR count). The van der Waals surface area contributed by atoms with E-state index in [9.17, 15) is 4.79 Å². The smallest absolute Gasteiger partial charge is 0.140 e. The van der Waals surface area contributed by atoms with Crippen molar-refractivity contribution < 1.29 is 4.79 Å². The van der Waals surface area contributed by atoms with Crippen LogP contribution >= 0.6 is 0 Å². The highest BCUT2D eigenvalue weighted by molar-refractivity contribution is 5.85. The zero-order valence-corrected chi connectivity index (χ0v) is 9.43. The number of carbonyl (C=O) groups is 1. The highest BCUT2D eigenvalue weighted by Gasteiger charge is 2.36. The van der Waals surface area contributed by atoms with E-state index in [1.54, 1.807) is 0 Å². The average molecular weight is 207 g/mol. The molecule has 0 spiro atoms. The summed E-state index contributed by atoms with van der Waals surface area (Å²) in [7, 11) is 0. The SMILES string of the molecule is C#CCCCC(=O)C1(CN)CCCCC1. The van der Waals surface area contributed by atoms with Crippen molar-refractivity contribution in [2.24, 2.45) is 11.1 Å². The molecule has 2 N–H and O–H groups in total. The largest absolute Gasteiger partial charge is 0.329 e. The second kappa shape index (κ2) is 5.92. The minimum atomic E-state index is -0.202. The summed E-state index contributed by atoms with van der Waals surface area (Å²) in [6, 6.07) is 0. The molecule has 0 radical (unpaired) electrons. The Labute approximate surface area is 92.6 Å². The number of rotatable bonds is 5. The maximum Gasteiger partial charge on any atom is 0.140 e. The second-order valence-corrected chi connectivity index (χ2v) is 4.53. The molecule has 0 aromatic rings. The van der Waals surface area contributed by atoms with Gasteiger partial charge in [-0.1, -0.05) is 19.3 Å². The first-order valence-corrected chi connectivity index (χ1v) is 5.92. The van der Waals surface area contributed by atoms with Crippen LogP contribution in [0.2, 0.25) is 0 Å². The summed E-state index contributed by atoms with van der Waals surface area (Å²) in [5.74, 6) is 2.92. The predicted molar refractivity (Wildman–Crippen MR) is 62.3 cm³/mol. The third kappa shape index (κ3) is 3.07. The Bertz CT molecular complexity index is 246. The van der Waals surface area contributed by atoms with Gasteiger partial charge < -0.3 is 5.73 Å². The van der Waals surface area contributed by atoms with E-state index in [2.05, 4.69) is 5.92 Å². The van der Waals surface area contributed by atoms with Gasteiger partial charge in [0.25, 0.3) is 0 Å². The summed E-state index contributed by atoms with van der Waals surface area (Å²) in [4.78, 5) is 12.1. The van der Waals surface area contributed by atoms with Gasteiger partial charge in [0.05, 0.1) is 0 Å². The molecule has 84 valence electrons. The van der Waals surface area contributed by atoms with Gasteiger partial charge in [-0.05, 0) is 19.3 Å². The summed E-state index contributed by atoms with van der Waals surface area (Å²) < 4.78 is 0. The van der Waals surface area contributed by atoms with Gasteiger partial charge in [-0.3, -0.25) is 4.79 Å². The van der Waals surface area contributed by atoms with E-state index in [-0.39, 0.29) is 5.41 Å². The van der Waals surface area contributed by atoms with Crippen molar-refractivity contribution >= 4 is 5.78 Å². The van der Waals surface area contributed by atoms with Crippen LogP contribution in [-0.2, 0) is 4.79 Å². The zero-order valence-electron chi connectivity index (χ0n) is 9.43. The summed E-state index contributed by atoms with van der Waals surface area (Å²) in [5, 5.41) is 0. The van der Waals surface area contributed by atoms with Crippen molar-refractivity contribution in [1.82, 2.24) is 0 Å². The van der Waals surface area contributed by atoms with Gasteiger partial charge in [0, 0.05) is 24.8 Å². The number of terminal acetylenes is 1.